The maximum Gasteiger partial charge on any atom is 0.0396 e. The molecule has 0 saturated heterocycles. The molecule has 0 saturated carbocycles. The standard InChI is InChI=1S/C30H23Br/c31-30-27-13-5-3-11-25(27)29(26-12-4-6-14-28(26)30)22-18-16-21(17-19-22)24-15-7-9-20-8-1-2-10-23(20)24/h1-16,18,21-22H,17,19H2/i17D2,19D2,22D. The van der Waals surface area contributed by atoms with Crippen LogP contribution in [-0.2, 0) is 0 Å². The number of benzene rings is 5. The van der Waals surface area contributed by atoms with Gasteiger partial charge in [0, 0.05) is 23.1 Å². The van der Waals surface area contributed by atoms with E-state index in [0.717, 1.165) is 42.4 Å². The van der Waals surface area contributed by atoms with Crippen LogP contribution in [0.2, 0.25) is 0 Å². The Morgan fingerprint density at radius 2 is 1.23 bits per heavy atom. The van der Waals surface area contributed by atoms with Crippen molar-refractivity contribution in [2.45, 2.75) is 24.6 Å². The van der Waals surface area contributed by atoms with E-state index >= 15 is 0 Å². The van der Waals surface area contributed by atoms with Crippen molar-refractivity contribution in [1.82, 2.24) is 0 Å². The molecule has 6 rings (SSSR count). The van der Waals surface area contributed by atoms with Crippen molar-refractivity contribution in [3.63, 3.8) is 0 Å². The van der Waals surface area contributed by atoms with Gasteiger partial charge in [-0.05, 0) is 72.1 Å². The van der Waals surface area contributed by atoms with Gasteiger partial charge in [-0.15, -0.1) is 0 Å². The molecular weight excluding hydrogens is 440 g/mol. The largest absolute Gasteiger partial charge is 0.0804 e. The van der Waals surface area contributed by atoms with Crippen LogP contribution in [0.3, 0.4) is 0 Å². The molecular formula is C30H23Br. The van der Waals surface area contributed by atoms with Crippen LogP contribution in [0.1, 0.15) is 42.5 Å². The summed E-state index contributed by atoms with van der Waals surface area (Å²) in [7, 11) is 0. The first kappa shape index (κ1) is 14.2. The van der Waals surface area contributed by atoms with E-state index in [1.54, 1.807) is 12.2 Å². The maximum absolute atomic E-state index is 9.65. The summed E-state index contributed by atoms with van der Waals surface area (Å²) >= 11 is 3.73. The fourth-order valence-electron chi connectivity index (χ4n) is 4.65. The van der Waals surface area contributed by atoms with E-state index in [4.69, 9.17) is 0 Å². The molecule has 31 heavy (non-hydrogen) atoms. The highest BCUT2D eigenvalue weighted by molar-refractivity contribution is 9.10. The van der Waals surface area contributed by atoms with Crippen LogP contribution < -0.4 is 0 Å². The van der Waals surface area contributed by atoms with Gasteiger partial charge in [-0.2, -0.15) is 0 Å². The second kappa shape index (κ2) is 7.66. The Hall–Kier alpha value is -2.90. The molecule has 0 spiro atoms. The summed E-state index contributed by atoms with van der Waals surface area (Å²) < 4.78 is 47.4. The molecule has 0 aliphatic heterocycles. The van der Waals surface area contributed by atoms with E-state index in [2.05, 4.69) is 15.9 Å². The van der Waals surface area contributed by atoms with Crippen molar-refractivity contribution in [1.29, 1.82) is 0 Å². The summed E-state index contributed by atoms with van der Waals surface area (Å²) in [5.41, 5.74) is 1.21. The number of halogens is 1. The van der Waals surface area contributed by atoms with Crippen molar-refractivity contribution in [3.05, 3.63) is 119 Å². The van der Waals surface area contributed by atoms with Crippen LogP contribution in [0, 0.1) is 0 Å². The second-order valence-corrected chi connectivity index (χ2v) is 8.66. The molecule has 5 aromatic carbocycles. The third-order valence-corrected chi connectivity index (χ3v) is 6.97. The van der Waals surface area contributed by atoms with Crippen LogP contribution in [0.5, 0.6) is 0 Å². The molecule has 0 heterocycles. The summed E-state index contributed by atoms with van der Waals surface area (Å²) in [5, 5.41) is 5.10. The zero-order valence-electron chi connectivity index (χ0n) is 21.8. The van der Waals surface area contributed by atoms with Crippen LogP contribution in [0.15, 0.2) is 108 Å². The lowest BCUT2D eigenvalue weighted by Gasteiger charge is -2.27. The summed E-state index contributed by atoms with van der Waals surface area (Å²) in [4.78, 5) is 0. The number of allylic oxidation sites excluding steroid dienone is 2. The molecule has 1 aliphatic carbocycles. The van der Waals surface area contributed by atoms with Crippen molar-refractivity contribution in [2.75, 3.05) is 0 Å². The molecule has 1 aliphatic rings. The van der Waals surface area contributed by atoms with E-state index in [-0.39, 0.29) is 0 Å². The summed E-state index contributed by atoms with van der Waals surface area (Å²) in [6.07, 6.45) is -1.61. The number of hydrogen-bond acceptors (Lipinski definition) is 0. The van der Waals surface area contributed by atoms with Gasteiger partial charge in [0.05, 0.1) is 0 Å². The zero-order valence-corrected chi connectivity index (χ0v) is 18.4. The lowest BCUT2D eigenvalue weighted by Crippen LogP contribution is -2.08. The van der Waals surface area contributed by atoms with E-state index in [1.807, 2.05) is 91.0 Å². The lowest BCUT2D eigenvalue weighted by atomic mass is 9.78. The van der Waals surface area contributed by atoms with Crippen LogP contribution in [0.4, 0.5) is 0 Å². The average molecular weight is 468 g/mol. The molecule has 0 nitrogen and oxygen atoms in total. The SMILES string of the molecule is [2H]C1(c2c3ccccc3c(Br)c3ccccc23)C=CC(c2cccc3ccccc23)C([2H])([2H])C1([2H])[2H]. The Labute approximate surface area is 198 Å². The van der Waals surface area contributed by atoms with Crippen molar-refractivity contribution >= 4 is 48.2 Å². The molecule has 0 N–H and O–H groups in total. The fraction of sp³-hybridized carbons (Fsp3) is 0.133. The van der Waals surface area contributed by atoms with E-state index in [9.17, 15) is 6.85 Å². The topological polar surface area (TPSA) is 0 Å². The second-order valence-electron chi connectivity index (χ2n) is 7.87. The van der Waals surface area contributed by atoms with Gasteiger partial charge in [-0.1, -0.05) is 103 Å². The maximum atomic E-state index is 9.65. The van der Waals surface area contributed by atoms with Gasteiger partial charge in [-0.25, -0.2) is 0 Å². The molecule has 0 amide bonds. The van der Waals surface area contributed by atoms with Gasteiger partial charge < -0.3 is 0 Å². The van der Waals surface area contributed by atoms with E-state index < -0.39 is 24.6 Å². The Balaban J connectivity index is 1.67. The van der Waals surface area contributed by atoms with Gasteiger partial charge in [0.25, 0.3) is 0 Å². The van der Waals surface area contributed by atoms with Gasteiger partial charge in [-0.3, -0.25) is 0 Å². The first-order valence-electron chi connectivity index (χ1n) is 12.9. The monoisotopic (exact) mass is 467 g/mol. The minimum absolute atomic E-state index is 0.485. The third-order valence-electron chi connectivity index (χ3n) is 6.11. The van der Waals surface area contributed by atoms with Crippen molar-refractivity contribution in [3.8, 4) is 0 Å². The third kappa shape index (κ3) is 3.11. The summed E-state index contributed by atoms with van der Waals surface area (Å²) in [5.74, 6) is -2.80. The predicted octanol–water partition coefficient (Wildman–Crippen LogP) is 9.13. The first-order chi connectivity index (χ1) is 17.2. The molecule has 0 aromatic heterocycles. The minimum atomic E-state index is -2.55. The van der Waals surface area contributed by atoms with Gasteiger partial charge in [0.2, 0.25) is 0 Å². The molecule has 0 radical (unpaired) electrons. The molecule has 2 atom stereocenters. The Morgan fingerprint density at radius 3 is 1.94 bits per heavy atom. The highest BCUT2D eigenvalue weighted by Gasteiger charge is 2.23. The molecule has 2 unspecified atom stereocenters. The Bertz CT molecular complexity index is 1630. The predicted molar refractivity (Wildman–Crippen MR) is 137 cm³/mol. The number of rotatable bonds is 2. The molecule has 150 valence electrons. The Morgan fingerprint density at radius 1 is 0.645 bits per heavy atom. The quantitative estimate of drug-likeness (QED) is 0.179. The first-order valence-corrected chi connectivity index (χ1v) is 11.2. The van der Waals surface area contributed by atoms with Gasteiger partial charge >= 0.3 is 0 Å². The number of hydrogen-bond donors (Lipinski definition) is 0. The van der Waals surface area contributed by atoms with Crippen molar-refractivity contribution < 1.29 is 6.85 Å². The highest BCUT2D eigenvalue weighted by Crippen LogP contribution is 2.44. The van der Waals surface area contributed by atoms with Gasteiger partial charge in [0.15, 0.2) is 0 Å². The van der Waals surface area contributed by atoms with Gasteiger partial charge in [0.1, 0.15) is 0 Å². The van der Waals surface area contributed by atoms with Crippen LogP contribution in [0.25, 0.3) is 32.3 Å². The van der Waals surface area contributed by atoms with E-state index in [0.29, 0.717) is 5.56 Å². The molecule has 1 heteroatoms. The smallest absolute Gasteiger partial charge is 0.0396 e. The molecule has 0 fully saturated rings. The van der Waals surface area contributed by atoms with Crippen LogP contribution in [-0.4, -0.2) is 0 Å². The zero-order chi connectivity index (χ0) is 25.3. The van der Waals surface area contributed by atoms with E-state index in [1.165, 1.54) is 0 Å². The Kier molecular flexibility index (Phi) is 3.51. The van der Waals surface area contributed by atoms with Crippen molar-refractivity contribution in [2.24, 2.45) is 0 Å². The average Bonchev–Trinajstić information content (AvgIpc) is 2.88. The summed E-state index contributed by atoms with van der Waals surface area (Å²) in [6, 6.07) is 28.8. The molecule has 5 aromatic rings. The van der Waals surface area contributed by atoms with Crippen LogP contribution >= 0.6 is 15.9 Å². The summed E-state index contributed by atoms with van der Waals surface area (Å²) in [6.45, 7) is 0. The highest BCUT2D eigenvalue weighted by atomic mass is 79.9. The lowest BCUT2D eigenvalue weighted by molar-refractivity contribution is 0.607. The number of fused-ring (bicyclic) bond motifs is 3. The fourth-order valence-corrected chi connectivity index (χ4v) is 5.34. The molecule has 0 bridgehead atoms. The normalized spacial score (nSPS) is 26.7. The minimum Gasteiger partial charge on any atom is -0.0804 e.